The first-order valence-electron chi connectivity index (χ1n) is 29.8. The summed E-state index contributed by atoms with van der Waals surface area (Å²) in [5, 5.41) is 0. The molecule has 3 aliphatic rings. The van der Waals surface area contributed by atoms with Gasteiger partial charge >= 0.3 is 33.4 Å². The summed E-state index contributed by atoms with van der Waals surface area (Å²) in [4.78, 5) is 0. The zero-order chi connectivity index (χ0) is 61.4. The predicted molar refractivity (Wildman–Crippen MR) is 337 cm³/mol. The maximum Gasteiger partial charge on any atom is 0.494 e. The fourth-order valence-corrected chi connectivity index (χ4v) is 9.81. The van der Waals surface area contributed by atoms with Crippen molar-refractivity contribution in [1.82, 2.24) is 0 Å². The molecule has 450 valence electrons. The van der Waals surface area contributed by atoms with E-state index in [-0.39, 0.29) is 45.0 Å². The van der Waals surface area contributed by atoms with Crippen LogP contribution in [0.25, 0.3) is 22.3 Å². The Morgan fingerprint density at radius 1 is 0.369 bits per heavy atom. The average Bonchev–Trinajstić information content (AvgIpc) is 2.60. The highest BCUT2D eigenvalue weighted by Gasteiger charge is 2.64. The lowest BCUT2D eigenvalue weighted by atomic mass is 9.49. The van der Waals surface area contributed by atoms with Crippen LogP contribution in [0, 0.1) is 0 Å². The molecule has 0 saturated carbocycles. The standard InChI is InChI=1S/C31H37BF2O3.C25H25BrF2O.C12H24B2O4/c1-6-7-8-9-10-23-11-13-24(14-12-23)25-15-17-26(18-16-25)31(33,34)35-28-21-19-27(20-22-28)32-36-29(2,3)30(4,5)37-32;1-2-3-4-5-6-19-7-9-20(10-8-19)21-11-13-22(14-12-21)25(27,28)29-24-17-15-23(26)16-18-24;1-9(2)10(3,4)16-13(15-9)14-17-11(5,6)12(7,8)18-14/h11-22H,6-10H2,1-5H3;7-18H,2-6H2,1H3;1-8H3. The molecule has 6 aromatic rings. The smallest absolute Gasteiger partial charge is 0.429 e. The molecule has 3 saturated heterocycles. The SMILES string of the molecule is CC1(C)OB(B2OC(C)(C)C(C)(C)O2)OC1(C)C.CCCCCCc1ccc(-c2ccc(C(F)(F)Oc3ccc(B4OC(C)(C)C(C)(C)O4)cc3)cc2)cc1.CCCCCCc1ccc(-c2ccc(C(F)(F)Oc3ccc(Br)cc3)cc2)cc1. The van der Waals surface area contributed by atoms with Crippen molar-refractivity contribution in [2.24, 2.45) is 0 Å². The molecular weight excluding hydrogens is 1130 g/mol. The van der Waals surface area contributed by atoms with Crippen LogP contribution in [0.2, 0.25) is 0 Å². The Morgan fingerprint density at radius 3 is 0.964 bits per heavy atom. The lowest BCUT2D eigenvalue weighted by Gasteiger charge is -2.32. The van der Waals surface area contributed by atoms with Crippen molar-refractivity contribution in [2.75, 3.05) is 0 Å². The summed E-state index contributed by atoms with van der Waals surface area (Å²) in [6, 6.07) is 42.1. The van der Waals surface area contributed by atoms with Crippen molar-refractivity contribution in [3.8, 4) is 33.8 Å². The first-order chi connectivity index (χ1) is 39.4. The topological polar surface area (TPSA) is 73.8 Å². The largest absolute Gasteiger partial charge is 0.494 e. The van der Waals surface area contributed by atoms with Gasteiger partial charge < -0.3 is 37.4 Å². The second kappa shape index (κ2) is 27.4. The predicted octanol–water partition coefficient (Wildman–Crippen LogP) is 18.5. The molecule has 3 heterocycles. The van der Waals surface area contributed by atoms with Crippen LogP contribution < -0.4 is 14.9 Å². The Kier molecular flexibility index (Phi) is 21.7. The molecule has 0 aliphatic carbocycles. The second-order valence-electron chi connectivity index (χ2n) is 25.3. The molecule has 0 N–H and O–H groups in total. The molecule has 9 rings (SSSR count). The maximum absolute atomic E-state index is 14.9. The molecule has 16 heteroatoms. The van der Waals surface area contributed by atoms with Crippen molar-refractivity contribution in [3.63, 3.8) is 0 Å². The van der Waals surface area contributed by atoms with E-state index in [0.717, 1.165) is 45.0 Å². The highest BCUT2D eigenvalue weighted by atomic mass is 79.9. The maximum atomic E-state index is 14.9. The van der Waals surface area contributed by atoms with Crippen molar-refractivity contribution < 1.29 is 55.0 Å². The molecule has 0 radical (unpaired) electrons. The van der Waals surface area contributed by atoms with Gasteiger partial charge in [-0.25, -0.2) is 0 Å². The van der Waals surface area contributed by atoms with Gasteiger partial charge in [0.2, 0.25) is 0 Å². The molecule has 0 amide bonds. The van der Waals surface area contributed by atoms with Crippen LogP contribution in [0.5, 0.6) is 11.5 Å². The molecule has 3 aliphatic heterocycles. The van der Waals surface area contributed by atoms with E-state index in [2.05, 4.69) is 78.3 Å². The second-order valence-corrected chi connectivity index (χ2v) is 26.2. The Balaban J connectivity index is 0.000000192. The van der Waals surface area contributed by atoms with Crippen LogP contribution >= 0.6 is 15.9 Å². The first-order valence-corrected chi connectivity index (χ1v) is 30.6. The normalized spacial score (nSPS) is 18.2. The number of aryl methyl sites for hydroxylation is 2. The molecule has 0 aromatic heterocycles. The van der Waals surface area contributed by atoms with Gasteiger partial charge in [-0.2, -0.15) is 17.6 Å². The summed E-state index contributed by atoms with van der Waals surface area (Å²) in [5.41, 5.74) is 4.46. The Labute approximate surface area is 507 Å². The summed E-state index contributed by atoms with van der Waals surface area (Å²) in [7, 11) is -1.51. The zero-order valence-corrected chi connectivity index (χ0v) is 53.4. The number of benzene rings is 6. The van der Waals surface area contributed by atoms with Gasteiger partial charge in [-0.3, -0.25) is 0 Å². The fourth-order valence-electron chi connectivity index (χ4n) is 9.54. The number of halogens is 5. The van der Waals surface area contributed by atoms with E-state index in [1.54, 1.807) is 48.5 Å². The Bertz CT molecular complexity index is 2930. The van der Waals surface area contributed by atoms with Crippen LogP contribution in [-0.2, 0) is 53.0 Å². The van der Waals surface area contributed by atoms with Crippen molar-refractivity contribution in [3.05, 3.63) is 172 Å². The fraction of sp³-hybridized carbons (Fsp3) is 0.471. The quantitative estimate of drug-likeness (QED) is 0.0425. The monoisotopic (exact) mass is 1220 g/mol. The van der Waals surface area contributed by atoms with Crippen LogP contribution in [0.15, 0.2) is 150 Å². The molecule has 6 aromatic carbocycles. The zero-order valence-electron chi connectivity index (χ0n) is 51.8. The summed E-state index contributed by atoms with van der Waals surface area (Å²) < 4.78 is 106. The summed E-state index contributed by atoms with van der Waals surface area (Å²) in [5.74, 6) is 0.195. The molecule has 0 unspecified atom stereocenters. The summed E-state index contributed by atoms with van der Waals surface area (Å²) in [6.07, 6.45) is 5.21. The third-order valence-corrected chi connectivity index (χ3v) is 17.7. The molecule has 84 heavy (non-hydrogen) atoms. The van der Waals surface area contributed by atoms with Gasteiger partial charge in [0, 0.05) is 4.47 Å². The van der Waals surface area contributed by atoms with E-state index in [1.165, 1.54) is 111 Å². The third-order valence-electron chi connectivity index (χ3n) is 17.1. The van der Waals surface area contributed by atoms with Gasteiger partial charge in [0.25, 0.3) is 0 Å². The number of hydrogen-bond acceptors (Lipinski definition) is 8. The van der Waals surface area contributed by atoms with Gasteiger partial charge in [-0.15, -0.1) is 0 Å². The number of alkyl halides is 4. The molecule has 0 spiro atoms. The highest BCUT2D eigenvalue weighted by molar-refractivity contribution is 9.10. The van der Waals surface area contributed by atoms with Gasteiger partial charge in [-0.1, -0.05) is 153 Å². The molecule has 8 nitrogen and oxygen atoms in total. The third kappa shape index (κ3) is 17.0. The molecular formula is C68H86B3BrF4O8. The molecule has 0 atom stereocenters. The lowest BCUT2D eigenvalue weighted by molar-refractivity contribution is -0.186. The van der Waals surface area contributed by atoms with Gasteiger partial charge in [-0.05, 0) is 208 Å². The van der Waals surface area contributed by atoms with Crippen LogP contribution in [0.4, 0.5) is 17.6 Å². The average molecular weight is 1220 g/mol. The van der Waals surface area contributed by atoms with E-state index in [0.29, 0.717) is 0 Å². The number of hydrogen-bond donors (Lipinski definition) is 0. The van der Waals surface area contributed by atoms with Crippen LogP contribution in [-0.4, -0.2) is 54.7 Å². The van der Waals surface area contributed by atoms with Crippen LogP contribution in [0.1, 0.15) is 171 Å². The minimum Gasteiger partial charge on any atom is -0.429 e. The van der Waals surface area contributed by atoms with E-state index >= 15 is 0 Å². The minimum absolute atomic E-state index is 0.0730. The van der Waals surface area contributed by atoms with E-state index in [4.69, 9.17) is 37.4 Å². The first kappa shape index (κ1) is 66.6. The number of rotatable bonds is 20. The number of unbranched alkanes of at least 4 members (excludes halogenated alkanes) is 6. The van der Waals surface area contributed by atoms with Crippen molar-refractivity contribution >= 4 is 42.5 Å². The molecule has 3 fully saturated rings. The lowest BCUT2D eigenvalue weighted by Crippen LogP contribution is -2.41. The summed E-state index contributed by atoms with van der Waals surface area (Å²) >= 11 is 3.28. The minimum atomic E-state index is -3.47. The van der Waals surface area contributed by atoms with E-state index < -0.39 is 44.6 Å². The Hall–Kier alpha value is -4.93. The van der Waals surface area contributed by atoms with Crippen LogP contribution in [0.3, 0.4) is 0 Å². The van der Waals surface area contributed by atoms with Crippen molar-refractivity contribution in [2.45, 2.75) is 207 Å². The van der Waals surface area contributed by atoms with Crippen molar-refractivity contribution in [1.29, 1.82) is 0 Å². The van der Waals surface area contributed by atoms with E-state index in [1.807, 2.05) is 83.1 Å². The number of ether oxygens (including phenoxy) is 2. The molecule has 0 bridgehead atoms. The summed E-state index contributed by atoms with van der Waals surface area (Å²) in [6.45, 7) is 28.5. The van der Waals surface area contributed by atoms with Gasteiger partial charge in [0.15, 0.2) is 0 Å². The van der Waals surface area contributed by atoms with E-state index in [9.17, 15) is 17.6 Å². The van der Waals surface area contributed by atoms with Gasteiger partial charge in [0.05, 0.1) is 44.7 Å². The Morgan fingerprint density at radius 2 is 0.655 bits per heavy atom. The highest BCUT2D eigenvalue weighted by Crippen LogP contribution is 2.44. The van der Waals surface area contributed by atoms with Gasteiger partial charge in [0.1, 0.15) is 11.5 Å².